The molecule has 0 radical (unpaired) electrons. The zero-order chi connectivity index (χ0) is 18.6. The van der Waals surface area contributed by atoms with Gasteiger partial charge in [-0.3, -0.25) is 4.79 Å². The summed E-state index contributed by atoms with van der Waals surface area (Å²) in [5.41, 5.74) is -0.625. The lowest BCUT2D eigenvalue weighted by Gasteiger charge is -2.24. The molecule has 0 saturated heterocycles. The maximum absolute atomic E-state index is 11.9. The fraction of sp³-hybridized carbons (Fsp3) is 0.950. The molecule has 0 rings (SSSR count). The van der Waals surface area contributed by atoms with E-state index in [0.717, 1.165) is 44.9 Å². The van der Waals surface area contributed by atoms with Crippen molar-refractivity contribution in [2.45, 2.75) is 91.1 Å². The van der Waals surface area contributed by atoms with Crippen LogP contribution in [0.2, 0.25) is 0 Å². The molecule has 0 aliphatic heterocycles. The summed E-state index contributed by atoms with van der Waals surface area (Å²) in [6, 6.07) is 0. The first-order valence-electron chi connectivity index (χ1n) is 9.68. The molecule has 4 nitrogen and oxygen atoms in total. The van der Waals surface area contributed by atoms with E-state index in [2.05, 4.69) is 6.92 Å². The number of Topliss-reactive ketones (excluding diaryl/α,β-unsaturated/α-hetero) is 1. The van der Waals surface area contributed by atoms with Gasteiger partial charge in [0.2, 0.25) is 0 Å². The van der Waals surface area contributed by atoms with Crippen LogP contribution in [0.25, 0.3) is 0 Å². The van der Waals surface area contributed by atoms with Gasteiger partial charge in [-0.05, 0) is 50.9 Å². The first-order valence-corrected chi connectivity index (χ1v) is 9.68. The van der Waals surface area contributed by atoms with Crippen molar-refractivity contribution < 1.29 is 20.1 Å². The monoisotopic (exact) mass is 344 g/mol. The molecule has 0 amide bonds. The second kappa shape index (κ2) is 12.8. The number of aliphatic hydroxyl groups excluding tert-OH is 2. The molecule has 24 heavy (non-hydrogen) atoms. The van der Waals surface area contributed by atoms with E-state index in [-0.39, 0.29) is 24.9 Å². The lowest BCUT2D eigenvalue weighted by atomic mass is 9.88. The molecular weight excluding hydrogens is 304 g/mol. The zero-order valence-corrected chi connectivity index (χ0v) is 16.3. The molecule has 0 aromatic carbocycles. The van der Waals surface area contributed by atoms with Crippen LogP contribution in [0.3, 0.4) is 0 Å². The van der Waals surface area contributed by atoms with Crippen molar-refractivity contribution in [1.29, 1.82) is 0 Å². The molecule has 3 N–H and O–H groups in total. The molecule has 4 unspecified atom stereocenters. The molecule has 144 valence electrons. The Balaban J connectivity index is 3.85. The van der Waals surface area contributed by atoms with Crippen LogP contribution in [-0.4, -0.2) is 39.9 Å². The summed E-state index contributed by atoms with van der Waals surface area (Å²) in [7, 11) is 0. The number of hydrogen-bond donors (Lipinski definition) is 3. The van der Waals surface area contributed by atoms with E-state index in [1.807, 2.05) is 20.8 Å². The maximum atomic E-state index is 11.9. The van der Waals surface area contributed by atoms with Gasteiger partial charge in [-0.15, -0.1) is 0 Å². The fourth-order valence-corrected chi connectivity index (χ4v) is 3.01. The van der Waals surface area contributed by atoms with Crippen LogP contribution in [0.5, 0.6) is 0 Å². The molecule has 0 bridgehead atoms. The first-order chi connectivity index (χ1) is 11.2. The Morgan fingerprint density at radius 3 is 1.96 bits per heavy atom. The molecule has 0 heterocycles. The van der Waals surface area contributed by atoms with Crippen molar-refractivity contribution in [2.75, 3.05) is 13.2 Å². The average molecular weight is 345 g/mol. The summed E-state index contributed by atoms with van der Waals surface area (Å²) in [5, 5.41) is 28.3. The molecule has 4 atom stereocenters. The van der Waals surface area contributed by atoms with Crippen LogP contribution in [0.4, 0.5) is 0 Å². The van der Waals surface area contributed by atoms with Crippen LogP contribution < -0.4 is 0 Å². The van der Waals surface area contributed by atoms with E-state index in [0.29, 0.717) is 24.7 Å². The van der Waals surface area contributed by atoms with E-state index in [1.165, 1.54) is 0 Å². The van der Waals surface area contributed by atoms with Crippen molar-refractivity contribution >= 4 is 5.78 Å². The highest BCUT2D eigenvalue weighted by atomic mass is 16.3. The van der Waals surface area contributed by atoms with Crippen molar-refractivity contribution in [3.63, 3.8) is 0 Å². The summed E-state index contributed by atoms with van der Waals surface area (Å²) in [6.45, 7) is 8.28. The van der Waals surface area contributed by atoms with Crippen molar-refractivity contribution in [3.8, 4) is 0 Å². The minimum absolute atomic E-state index is 0.0377. The normalized spacial score (nSPS) is 18.0. The number of rotatable bonds is 15. The highest BCUT2D eigenvalue weighted by Gasteiger charge is 2.20. The minimum atomic E-state index is -0.625. The minimum Gasteiger partial charge on any atom is -0.396 e. The quantitative estimate of drug-likeness (QED) is 0.423. The molecule has 0 spiro atoms. The molecule has 0 aromatic rings. The van der Waals surface area contributed by atoms with Gasteiger partial charge in [-0.1, -0.05) is 40.0 Å². The van der Waals surface area contributed by atoms with Gasteiger partial charge in [-0.25, -0.2) is 0 Å². The second-order valence-corrected chi connectivity index (χ2v) is 8.09. The fourth-order valence-electron chi connectivity index (χ4n) is 3.01. The Morgan fingerprint density at radius 2 is 1.46 bits per heavy atom. The topological polar surface area (TPSA) is 77.8 Å². The highest BCUT2D eigenvalue weighted by molar-refractivity contribution is 5.80. The van der Waals surface area contributed by atoms with E-state index in [1.54, 1.807) is 0 Å². The number of carbonyl (C=O) groups is 1. The Hall–Kier alpha value is -0.450. The third kappa shape index (κ3) is 12.0. The summed E-state index contributed by atoms with van der Waals surface area (Å²) < 4.78 is 0. The zero-order valence-electron chi connectivity index (χ0n) is 16.3. The van der Waals surface area contributed by atoms with Crippen LogP contribution in [0, 0.1) is 17.8 Å². The Kier molecular flexibility index (Phi) is 12.6. The summed E-state index contributed by atoms with van der Waals surface area (Å²) in [5.74, 6) is 1.01. The van der Waals surface area contributed by atoms with Crippen molar-refractivity contribution in [3.05, 3.63) is 0 Å². The van der Waals surface area contributed by atoms with E-state index >= 15 is 0 Å². The molecule has 0 aromatic heterocycles. The SMILES string of the molecule is CC(CO)CCCC(C)(O)CCCC(C)CCC(=O)C(C)CCO. The molecular formula is C20H40O4. The lowest BCUT2D eigenvalue weighted by Crippen LogP contribution is -2.24. The molecule has 0 aliphatic carbocycles. The predicted molar refractivity (Wildman–Crippen MR) is 98.8 cm³/mol. The van der Waals surface area contributed by atoms with Gasteiger partial charge in [0.1, 0.15) is 5.78 Å². The lowest BCUT2D eigenvalue weighted by molar-refractivity contribution is -0.123. The van der Waals surface area contributed by atoms with E-state index in [4.69, 9.17) is 10.2 Å². The number of hydrogen-bond acceptors (Lipinski definition) is 4. The van der Waals surface area contributed by atoms with E-state index in [9.17, 15) is 9.90 Å². The van der Waals surface area contributed by atoms with E-state index < -0.39 is 5.60 Å². The van der Waals surface area contributed by atoms with Gasteiger partial charge >= 0.3 is 0 Å². The van der Waals surface area contributed by atoms with Gasteiger partial charge in [0.25, 0.3) is 0 Å². The highest BCUT2D eigenvalue weighted by Crippen LogP contribution is 2.24. The standard InChI is InChI=1S/C20H40O4/c1-16(9-10-19(23)18(3)11-14-21)7-5-12-20(4,24)13-6-8-17(2)15-22/h16-18,21-22,24H,5-15H2,1-4H3. The number of aliphatic hydroxyl groups is 3. The summed E-state index contributed by atoms with van der Waals surface area (Å²) in [4.78, 5) is 11.9. The van der Waals surface area contributed by atoms with Gasteiger partial charge in [0.15, 0.2) is 0 Å². The smallest absolute Gasteiger partial charge is 0.135 e. The number of carbonyl (C=O) groups excluding carboxylic acids is 1. The Bertz CT molecular complexity index is 328. The Morgan fingerprint density at radius 1 is 0.917 bits per heavy atom. The summed E-state index contributed by atoms with van der Waals surface area (Å²) >= 11 is 0. The third-order valence-corrected chi connectivity index (χ3v) is 5.13. The third-order valence-electron chi connectivity index (χ3n) is 5.13. The van der Waals surface area contributed by atoms with Gasteiger partial charge in [0, 0.05) is 25.6 Å². The molecule has 0 aliphatic rings. The summed E-state index contributed by atoms with van der Waals surface area (Å²) in [6.07, 6.45) is 7.53. The van der Waals surface area contributed by atoms with Gasteiger partial charge in [0.05, 0.1) is 5.60 Å². The second-order valence-electron chi connectivity index (χ2n) is 8.09. The van der Waals surface area contributed by atoms with Gasteiger partial charge in [-0.2, -0.15) is 0 Å². The molecule has 0 fully saturated rings. The van der Waals surface area contributed by atoms with Crippen molar-refractivity contribution in [2.24, 2.45) is 17.8 Å². The van der Waals surface area contributed by atoms with Gasteiger partial charge < -0.3 is 15.3 Å². The Labute approximate surface area is 148 Å². The van der Waals surface area contributed by atoms with Crippen LogP contribution in [0.15, 0.2) is 0 Å². The maximum Gasteiger partial charge on any atom is 0.135 e. The van der Waals surface area contributed by atoms with Crippen LogP contribution >= 0.6 is 0 Å². The first kappa shape index (κ1) is 23.5. The van der Waals surface area contributed by atoms with Crippen molar-refractivity contribution in [1.82, 2.24) is 0 Å². The number of ketones is 1. The molecule has 0 saturated carbocycles. The van der Waals surface area contributed by atoms with Crippen LogP contribution in [0.1, 0.15) is 85.5 Å². The molecule has 4 heteroatoms. The predicted octanol–water partition coefficient (Wildman–Crippen LogP) is 3.71. The average Bonchev–Trinajstić information content (AvgIpc) is 2.52. The van der Waals surface area contributed by atoms with Crippen LogP contribution in [-0.2, 0) is 4.79 Å². The largest absolute Gasteiger partial charge is 0.396 e.